The van der Waals surface area contributed by atoms with E-state index in [2.05, 4.69) is 4.98 Å². The highest BCUT2D eigenvalue weighted by Gasteiger charge is 2.38. The number of carboxylic acid groups (broad SMARTS) is 1. The molecule has 0 aliphatic carbocycles. The van der Waals surface area contributed by atoms with E-state index in [0.717, 1.165) is 16.6 Å². The third-order valence-corrected chi connectivity index (χ3v) is 4.32. The van der Waals surface area contributed by atoms with Gasteiger partial charge in [-0.05, 0) is 18.9 Å². The average molecular weight is 286 g/mol. The van der Waals surface area contributed by atoms with Gasteiger partial charge in [-0.25, -0.2) is 0 Å². The fraction of sp³-hybridized carbons (Fsp3) is 0.375. The molecule has 1 aliphatic rings. The summed E-state index contributed by atoms with van der Waals surface area (Å²) < 4.78 is 0. The molecule has 0 spiro atoms. The maximum atomic E-state index is 12.8. The van der Waals surface area contributed by atoms with Gasteiger partial charge in [0.15, 0.2) is 0 Å². The molecule has 1 amide bonds. The van der Waals surface area contributed by atoms with E-state index in [0.29, 0.717) is 12.1 Å². The van der Waals surface area contributed by atoms with Crippen LogP contribution in [0, 0.1) is 18.8 Å². The van der Waals surface area contributed by atoms with Gasteiger partial charge in [-0.1, -0.05) is 25.1 Å². The summed E-state index contributed by atoms with van der Waals surface area (Å²) in [7, 11) is 0. The van der Waals surface area contributed by atoms with Gasteiger partial charge >= 0.3 is 5.97 Å². The number of amides is 1. The zero-order valence-corrected chi connectivity index (χ0v) is 12.1. The van der Waals surface area contributed by atoms with E-state index >= 15 is 0 Å². The lowest BCUT2D eigenvalue weighted by Crippen LogP contribution is -2.30. The number of fused-ring (bicyclic) bond motifs is 1. The number of carbonyl (C=O) groups is 2. The second-order valence-corrected chi connectivity index (χ2v) is 5.80. The Bertz CT molecular complexity index is 719. The molecule has 0 radical (unpaired) electrons. The first-order chi connectivity index (χ1) is 9.99. The van der Waals surface area contributed by atoms with E-state index in [1.807, 2.05) is 38.1 Å². The zero-order chi connectivity index (χ0) is 15.1. The van der Waals surface area contributed by atoms with Crippen LogP contribution in [0.4, 0.5) is 0 Å². The van der Waals surface area contributed by atoms with Crippen molar-refractivity contribution in [3.63, 3.8) is 0 Å². The predicted octanol–water partition coefficient (Wildman–Crippen LogP) is 2.27. The summed E-state index contributed by atoms with van der Waals surface area (Å²) in [5.74, 6) is -1.40. The summed E-state index contributed by atoms with van der Waals surface area (Å²) in [6.45, 7) is 4.54. The second kappa shape index (κ2) is 4.91. The number of hydrogen-bond donors (Lipinski definition) is 2. The number of aromatic amines is 1. The number of aromatic nitrogens is 1. The third-order valence-electron chi connectivity index (χ3n) is 4.32. The SMILES string of the molecule is Cc1[nH]c2ccccc2c1C(=O)N1CC(C)C(C(=O)O)C1. The molecule has 110 valence electrons. The smallest absolute Gasteiger partial charge is 0.308 e. The summed E-state index contributed by atoms with van der Waals surface area (Å²) in [4.78, 5) is 28.8. The molecule has 0 bridgehead atoms. The number of likely N-dealkylation sites (tertiary alicyclic amines) is 1. The Kier molecular flexibility index (Phi) is 3.20. The Morgan fingerprint density at radius 2 is 2.00 bits per heavy atom. The number of carbonyl (C=O) groups excluding carboxylic acids is 1. The van der Waals surface area contributed by atoms with Gasteiger partial charge < -0.3 is 15.0 Å². The Hall–Kier alpha value is -2.30. The molecule has 1 aromatic carbocycles. The molecule has 3 rings (SSSR count). The standard InChI is InChI=1S/C16H18N2O3/c1-9-7-18(8-12(9)16(20)21)15(19)14-10(2)17-13-6-4-3-5-11(13)14/h3-6,9,12,17H,7-8H2,1-2H3,(H,20,21). The second-order valence-electron chi connectivity index (χ2n) is 5.80. The Morgan fingerprint density at radius 1 is 1.29 bits per heavy atom. The van der Waals surface area contributed by atoms with E-state index in [-0.39, 0.29) is 18.4 Å². The fourth-order valence-electron chi connectivity index (χ4n) is 3.16. The van der Waals surface area contributed by atoms with Crippen molar-refractivity contribution in [2.45, 2.75) is 13.8 Å². The van der Waals surface area contributed by atoms with Crippen LogP contribution in [0.3, 0.4) is 0 Å². The van der Waals surface area contributed by atoms with Crippen molar-refractivity contribution in [1.82, 2.24) is 9.88 Å². The number of hydrogen-bond acceptors (Lipinski definition) is 2. The van der Waals surface area contributed by atoms with Crippen LogP contribution in [0.2, 0.25) is 0 Å². The summed E-state index contributed by atoms with van der Waals surface area (Å²) in [6, 6.07) is 7.68. The molecule has 1 aliphatic heterocycles. The van der Waals surface area contributed by atoms with Crippen LogP contribution in [-0.2, 0) is 4.79 Å². The molecule has 2 aromatic rings. The molecular weight excluding hydrogens is 268 g/mol. The highest BCUT2D eigenvalue weighted by molar-refractivity contribution is 6.08. The monoisotopic (exact) mass is 286 g/mol. The topological polar surface area (TPSA) is 73.4 Å². The largest absolute Gasteiger partial charge is 0.481 e. The van der Waals surface area contributed by atoms with E-state index in [1.165, 1.54) is 0 Å². The lowest BCUT2D eigenvalue weighted by Gasteiger charge is -2.16. The molecule has 1 aromatic heterocycles. The van der Waals surface area contributed by atoms with E-state index in [1.54, 1.807) is 4.90 Å². The number of H-pyrrole nitrogens is 1. The fourth-order valence-corrected chi connectivity index (χ4v) is 3.16. The van der Waals surface area contributed by atoms with Crippen LogP contribution >= 0.6 is 0 Å². The summed E-state index contributed by atoms with van der Waals surface area (Å²) in [5.41, 5.74) is 2.41. The average Bonchev–Trinajstić information content (AvgIpc) is 2.97. The predicted molar refractivity (Wildman–Crippen MR) is 79.2 cm³/mol. The highest BCUT2D eigenvalue weighted by atomic mass is 16.4. The number of nitrogens with zero attached hydrogens (tertiary/aromatic N) is 1. The first-order valence-corrected chi connectivity index (χ1v) is 7.08. The number of nitrogens with one attached hydrogen (secondary N) is 1. The van der Waals surface area contributed by atoms with Crippen molar-refractivity contribution in [1.29, 1.82) is 0 Å². The third kappa shape index (κ3) is 2.18. The van der Waals surface area contributed by atoms with Crippen LogP contribution in [0.5, 0.6) is 0 Å². The Morgan fingerprint density at radius 3 is 2.67 bits per heavy atom. The molecule has 5 nitrogen and oxygen atoms in total. The van der Waals surface area contributed by atoms with Crippen LogP contribution in [0.15, 0.2) is 24.3 Å². The highest BCUT2D eigenvalue weighted by Crippen LogP contribution is 2.28. The molecule has 2 heterocycles. The van der Waals surface area contributed by atoms with Gasteiger partial charge in [-0.3, -0.25) is 9.59 Å². The molecule has 1 fully saturated rings. The van der Waals surface area contributed by atoms with Crippen molar-refractivity contribution in [2.75, 3.05) is 13.1 Å². The van der Waals surface area contributed by atoms with Crippen LogP contribution in [0.25, 0.3) is 10.9 Å². The number of aliphatic carboxylic acids is 1. The van der Waals surface area contributed by atoms with Gasteiger partial charge in [0, 0.05) is 29.7 Å². The van der Waals surface area contributed by atoms with E-state index in [9.17, 15) is 14.7 Å². The summed E-state index contributed by atoms with van der Waals surface area (Å²) in [5, 5.41) is 10.1. The number of carboxylic acids is 1. The van der Waals surface area contributed by atoms with Gasteiger partial charge in [0.1, 0.15) is 0 Å². The van der Waals surface area contributed by atoms with E-state index in [4.69, 9.17) is 0 Å². The molecule has 2 unspecified atom stereocenters. The van der Waals surface area contributed by atoms with Gasteiger partial charge in [-0.2, -0.15) is 0 Å². The van der Waals surface area contributed by atoms with Crippen molar-refractivity contribution >= 4 is 22.8 Å². The van der Waals surface area contributed by atoms with Crippen molar-refractivity contribution in [3.8, 4) is 0 Å². The summed E-state index contributed by atoms with van der Waals surface area (Å²) in [6.07, 6.45) is 0. The first-order valence-electron chi connectivity index (χ1n) is 7.08. The summed E-state index contributed by atoms with van der Waals surface area (Å²) >= 11 is 0. The van der Waals surface area contributed by atoms with Crippen molar-refractivity contribution in [3.05, 3.63) is 35.5 Å². The van der Waals surface area contributed by atoms with Crippen molar-refractivity contribution < 1.29 is 14.7 Å². The lowest BCUT2D eigenvalue weighted by molar-refractivity contribution is -0.142. The van der Waals surface area contributed by atoms with E-state index < -0.39 is 11.9 Å². The maximum Gasteiger partial charge on any atom is 0.308 e. The van der Waals surface area contributed by atoms with Gasteiger partial charge in [-0.15, -0.1) is 0 Å². The molecule has 0 saturated carbocycles. The van der Waals surface area contributed by atoms with Crippen LogP contribution < -0.4 is 0 Å². The molecule has 2 atom stereocenters. The Balaban J connectivity index is 1.95. The lowest BCUT2D eigenvalue weighted by atomic mass is 9.99. The van der Waals surface area contributed by atoms with Gasteiger partial charge in [0.2, 0.25) is 0 Å². The number of benzene rings is 1. The number of aryl methyl sites for hydroxylation is 1. The minimum Gasteiger partial charge on any atom is -0.481 e. The van der Waals surface area contributed by atoms with Crippen LogP contribution in [0.1, 0.15) is 23.0 Å². The normalized spacial score (nSPS) is 21.9. The molecule has 1 saturated heterocycles. The number of rotatable bonds is 2. The molecule has 21 heavy (non-hydrogen) atoms. The number of para-hydroxylation sites is 1. The van der Waals surface area contributed by atoms with Gasteiger partial charge in [0.25, 0.3) is 5.91 Å². The quantitative estimate of drug-likeness (QED) is 0.889. The molecular formula is C16H18N2O3. The minimum absolute atomic E-state index is 0.0167. The first kappa shape index (κ1) is 13.7. The minimum atomic E-state index is -0.826. The van der Waals surface area contributed by atoms with Crippen molar-refractivity contribution in [2.24, 2.45) is 11.8 Å². The molecule has 2 N–H and O–H groups in total. The van der Waals surface area contributed by atoms with Crippen LogP contribution in [-0.4, -0.2) is 40.0 Å². The maximum absolute atomic E-state index is 12.8. The van der Waals surface area contributed by atoms with Gasteiger partial charge in [0.05, 0.1) is 11.5 Å². The zero-order valence-electron chi connectivity index (χ0n) is 12.1. The Labute approximate surface area is 122 Å². The molecule has 5 heteroatoms.